The molecule has 3 N–H and O–H groups in total. The van der Waals surface area contributed by atoms with Gasteiger partial charge in [-0.2, -0.15) is 0 Å². The molecule has 0 spiro atoms. The van der Waals surface area contributed by atoms with Crippen molar-refractivity contribution in [2.75, 3.05) is 5.73 Å². The summed E-state index contributed by atoms with van der Waals surface area (Å²) < 4.78 is 1.68. The van der Waals surface area contributed by atoms with E-state index in [-0.39, 0.29) is 11.6 Å². The molecule has 1 aliphatic rings. The Bertz CT molecular complexity index is 819. The summed E-state index contributed by atoms with van der Waals surface area (Å²) in [5, 5.41) is 3.61. The van der Waals surface area contributed by atoms with Crippen molar-refractivity contribution >= 4 is 16.6 Å². The van der Waals surface area contributed by atoms with Crippen LogP contribution in [-0.4, -0.2) is 9.55 Å². The zero-order valence-corrected chi connectivity index (χ0v) is 12.0. The number of nitrogen functional groups attached to an aromatic ring is 1. The van der Waals surface area contributed by atoms with Crippen molar-refractivity contribution in [2.45, 2.75) is 25.8 Å². The van der Waals surface area contributed by atoms with E-state index in [2.05, 4.69) is 23.5 Å². The van der Waals surface area contributed by atoms with E-state index < -0.39 is 0 Å². The second-order valence-electron chi connectivity index (χ2n) is 5.38. The molecule has 21 heavy (non-hydrogen) atoms. The predicted molar refractivity (Wildman–Crippen MR) is 84.8 cm³/mol. The van der Waals surface area contributed by atoms with Crippen LogP contribution in [0.5, 0.6) is 0 Å². The van der Waals surface area contributed by atoms with Crippen LogP contribution in [0.15, 0.2) is 47.5 Å². The number of allylic oxidation sites excluding steroid dienone is 2. The number of hydrogen-bond acceptors (Lipinski definition) is 4. The van der Waals surface area contributed by atoms with Gasteiger partial charge in [0, 0.05) is 17.1 Å². The maximum absolute atomic E-state index is 12.8. The summed E-state index contributed by atoms with van der Waals surface area (Å²) in [5.41, 5.74) is 8.63. The monoisotopic (exact) mass is 282 g/mol. The lowest BCUT2D eigenvalue weighted by Gasteiger charge is -2.30. The molecule has 0 saturated carbocycles. The summed E-state index contributed by atoms with van der Waals surface area (Å²) in [5.74, 6) is 0.665. The average Bonchev–Trinajstić information content (AvgIpc) is 2.40. The highest BCUT2D eigenvalue weighted by Crippen LogP contribution is 2.28. The van der Waals surface area contributed by atoms with Gasteiger partial charge in [0.15, 0.2) is 0 Å². The van der Waals surface area contributed by atoms with Gasteiger partial charge < -0.3 is 11.1 Å². The Morgan fingerprint density at radius 1 is 1.43 bits per heavy atom. The van der Waals surface area contributed by atoms with Crippen molar-refractivity contribution in [3.05, 3.63) is 58.9 Å². The van der Waals surface area contributed by atoms with E-state index in [0.29, 0.717) is 22.4 Å². The lowest BCUT2D eigenvalue weighted by Crippen LogP contribution is -2.35. The van der Waals surface area contributed by atoms with Gasteiger partial charge in [0.05, 0.1) is 16.9 Å². The minimum absolute atomic E-state index is 0.115. The smallest absolute Gasteiger partial charge is 0.264 e. The highest BCUT2D eigenvalue weighted by atomic mass is 16.1. The molecule has 5 nitrogen and oxygen atoms in total. The molecule has 3 rings (SSSR count). The van der Waals surface area contributed by atoms with E-state index >= 15 is 0 Å². The number of hydrogen-bond donors (Lipinski definition) is 2. The largest absolute Gasteiger partial charge is 0.398 e. The van der Waals surface area contributed by atoms with Crippen LogP contribution in [0.3, 0.4) is 0 Å². The third kappa shape index (κ3) is 2.11. The van der Waals surface area contributed by atoms with Crippen molar-refractivity contribution < 1.29 is 0 Å². The first-order valence-corrected chi connectivity index (χ1v) is 6.90. The Balaban J connectivity index is 2.24. The molecule has 0 aliphatic carbocycles. The zero-order valence-electron chi connectivity index (χ0n) is 12.0. The topological polar surface area (TPSA) is 72.9 Å². The number of benzene rings is 1. The van der Waals surface area contributed by atoms with E-state index in [1.165, 1.54) is 0 Å². The molecule has 5 heteroatoms. The first-order chi connectivity index (χ1) is 9.99. The van der Waals surface area contributed by atoms with Crippen molar-refractivity contribution in [3.63, 3.8) is 0 Å². The van der Waals surface area contributed by atoms with Gasteiger partial charge in [-0.05, 0) is 31.9 Å². The molecule has 1 saturated heterocycles. The molecule has 108 valence electrons. The fraction of sp³-hybridized carbons (Fsp3) is 0.250. The second kappa shape index (κ2) is 4.77. The SMILES string of the molecule is C=C1CCC(n2c(C)nc3cccc(N)c3c2=O)C(=C)N1. The lowest BCUT2D eigenvalue weighted by atomic mass is 10.0. The van der Waals surface area contributed by atoms with E-state index in [9.17, 15) is 4.79 Å². The van der Waals surface area contributed by atoms with E-state index in [0.717, 1.165) is 24.2 Å². The first kappa shape index (κ1) is 13.4. The van der Waals surface area contributed by atoms with Crippen LogP contribution in [0.4, 0.5) is 5.69 Å². The third-order valence-corrected chi connectivity index (χ3v) is 3.91. The normalized spacial score (nSPS) is 18.8. The Morgan fingerprint density at radius 2 is 2.19 bits per heavy atom. The Kier molecular flexibility index (Phi) is 3.05. The molecule has 1 aromatic carbocycles. The number of aryl methyl sites for hydroxylation is 1. The van der Waals surface area contributed by atoms with Gasteiger partial charge in [0.1, 0.15) is 5.82 Å². The van der Waals surface area contributed by atoms with E-state index in [1.54, 1.807) is 22.8 Å². The molecule has 2 aromatic rings. The number of nitrogens with one attached hydrogen (secondary N) is 1. The number of nitrogens with zero attached hydrogens (tertiary/aromatic N) is 2. The number of rotatable bonds is 1. The van der Waals surface area contributed by atoms with Crippen LogP contribution in [0, 0.1) is 6.92 Å². The summed E-state index contributed by atoms with van der Waals surface area (Å²) in [6.45, 7) is 9.76. The number of nitrogens with two attached hydrogens (primary N) is 1. The van der Waals surface area contributed by atoms with Gasteiger partial charge in [-0.3, -0.25) is 9.36 Å². The van der Waals surface area contributed by atoms with Gasteiger partial charge in [0.2, 0.25) is 0 Å². The lowest BCUT2D eigenvalue weighted by molar-refractivity contribution is 0.447. The van der Waals surface area contributed by atoms with Crippen molar-refractivity contribution in [1.29, 1.82) is 0 Å². The highest BCUT2D eigenvalue weighted by Gasteiger charge is 2.24. The molecule has 1 unspecified atom stereocenters. The standard InChI is InChI=1S/C16H18N4O/c1-9-7-8-14(10(2)18-9)20-11(3)19-13-6-4-5-12(17)15(13)16(20)21/h4-6,14,18H,1-2,7-8,17H2,3H3. The molecule has 1 aliphatic heterocycles. The molecule has 1 fully saturated rings. The summed E-state index contributed by atoms with van der Waals surface area (Å²) in [6, 6.07) is 5.21. The molecule has 2 heterocycles. The predicted octanol–water partition coefficient (Wildman–Crippen LogP) is 2.24. The van der Waals surface area contributed by atoms with Crippen LogP contribution >= 0.6 is 0 Å². The minimum atomic E-state index is -0.125. The van der Waals surface area contributed by atoms with Gasteiger partial charge in [-0.1, -0.05) is 19.2 Å². The Labute approximate surface area is 122 Å². The van der Waals surface area contributed by atoms with Crippen LogP contribution < -0.4 is 16.6 Å². The zero-order chi connectivity index (χ0) is 15.1. The van der Waals surface area contributed by atoms with E-state index in [1.807, 2.05) is 6.92 Å². The number of fused-ring (bicyclic) bond motifs is 1. The number of aromatic nitrogens is 2. The Hall–Kier alpha value is -2.56. The molecule has 1 aromatic heterocycles. The molecular weight excluding hydrogens is 264 g/mol. The van der Waals surface area contributed by atoms with E-state index in [4.69, 9.17) is 5.73 Å². The summed E-state index contributed by atoms with van der Waals surface area (Å²) in [4.78, 5) is 17.4. The van der Waals surface area contributed by atoms with Gasteiger partial charge in [-0.15, -0.1) is 0 Å². The van der Waals surface area contributed by atoms with Crippen LogP contribution in [-0.2, 0) is 0 Å². The quantitative estimate of drug-likeness (QED) is 0.787. The maximum atomic E-state index is 12.8. The van der Waals surface area contributed by atoms with Gasteiger partial charge in [-0.25, -0.2) is 4.98 Å². The number of piperidine rings is 1. The van der Waals surface area contributed by atoms with Crippen LogP contribution in [0.2, 0.25) is 0 Å². The van der Waals surface area contributed by atoms with Crippen molar-refractivity contribution in [1.82, 2.24) is 14.9 Å². The molecule has 1 atom stereocenters. The summed E-state index contributed by atoms with van der Waals surface area (Å²) >= 11 is 0. The number of anilines is 1. The fourth-order valence-corrected chi connectivity index (χ4v) is 2.89. The van der Waals surface area contributed by atoms with Crippen LogP contribution in [0.25, 0.3) is 10.9 Å². The van der Waals surface area contributed by atoms with Crippen molar-refractivity contribution in [3.8, 4) is 0 Å². The van der Waals surface area contributed by atoms with Gasteiger partial charge in [0.25, 0.3) is 5.56 Å². The first-order valence-electron chi connectivity index (χ1n) is 6.90. The van der Waals surface area contributed by atoms with Gasteiger partial charge >= 0.3 is 0 Å². The summed E-state index contributed by atoms with van der Waals surface area (Å²) in [7, 11) is 0. The van der Waals surface area contributed by atoms with Crippen molar-refractivity contribution in [2.24, 2.45) is 0 Å². The highest BCUT2D eigenvalue weighted by molar-refractivity contribution is 5.89. The van der Waals surface area contributed by atoms with Crippen LogP contribution in [0.1, 0.15) is 24.7 Å². The molecular formula is C16H18N4O. The minimum Gasteiger partial charge on any atom is -0.398 e. The maximum Gasteiger partial charge on any atom is 0.264 e. The molecule has 0 bridgehead atoms. The second-order valence-corrected chi connectivity index (χ2v) is 5.38. The average molecular weight is 282 g/mol. The molecule has 0 radical (unpaired) electrons. The molecule has 0 amide bonds. The summed E-state index contributed by atoms with van der Waals surface area (Å²) in [6.07, 6.45) is 1.59. The third-order valence-electron chi connectivity index (χ3n) is 3.91. The Morgan fingerprint density at radius 3 is 2.90 bits per heavy atom. The fourth-order valence-electron chi connectivity index (χ4n) is 2.89.